The summed E-state index contributed by atoms with van der Waals surface area (Å²) in [6, 6.07) is 7.75. The van der Waals surface area contributed by atoms with Crippen LogP contribution in [-0.2, 0) is 20.7 Å². The highest BCUT2D eigenvalue weighted by molar-refractivity contribution is 6.76. The molecule has 31 heavy (non-hydrogen) atoms. The van der Waals surface area contributed by atoms with E-state index in [4.69, 9.17) is 39.5 Å². The zero-order valence-electron chi connectivity index (χ0n) is 17.3. The van der Waals surface area contributed by atoms with Crippen molar-refractivity contribution < 1.29 is 23.5 Å². The van der Waals surface area contributed by atoms with E-state index >= 15 is 0 Å². The Morgan fingerprint density at radius 1 is 1.26 bits per heavy atom. The first kappa shape index (κ1) is 25.4. The Morgan fingerprint density at radius 3 is 2.42 bits per heavy atom. The number of halogens is 4. The third-order valence-electron chi connectivity index (χ3n) is 4.82. The number of ether oxygens (including phenoxy) is 1. The molecule has 0 unspecified atom stereocenters. The van der Waals surface area contributed by atoms with Gasteiger partial charge in [0.25, 0.3) is 9.70 Å². The lowest BCUT2D eigenvalue weighted by Gasteiger charge is -2.25. The second-order valence-corrected chi connectivity index (χ2v) is 9.94. The lowest BCUT2D eigenvalue weighted by atomic mass is 9.99. The zero-order valence-corrected chi connectivity index (χ0v) is 19.5. The maximum absolute atomic E-state index is 14.9. The van der Waals surface area contributed by atoms with Crippen molar-refractivity contribution in [3.8, 4) is 0 Å². The number of hydrogen-bond acceptors (Lipinski definition) is 4. The number of cyclic esters (lactones) is 1. The summed E-state index contributed by atoms with van der Waals surface area (Å²) in [5, 5.41) is 2.33. The molecule has 6 nitrogen and oxygen atoms in total. The van der Waals surface area contributed by atoms with Crippen LogP contribution in [-0.4, -0.2) is 45.3 Å². The van der Waals surface area contributed by atoms with Gasteiger partial charge >= 0.3 is 6.09 Å². The van der Waals surface area contributed by atoms with Crippen LogP contribution in [0, 0.1) is 11.8 Å². The van der Waals surface area contributed by atoms with Crippen LogP contribution in [0.1, 0.15) is 26.3 Å². The van der Waals surface area contributed by atoms with E-state index in [-0.39, 0.29) is 6.61 Å². The molecule has 1 aromatic carbocycles. The smallest absolute Gasteiger partial charge is 0.417 e. The van der Waals surface area contributed by atoms with Crippen molar-refractivity contribution in [2.45, 2.75) is 43.1 Å². The number of imide groups is 1. The van der Waals surface area contributed by atoms with Gasteiger partial charge in [-0.3, -0.25) is 9.59 Å². The molecule has 0 radical (unpaired) electrons. The number of hydrogen-bond donors (Lipinski definition) is 1. The van der Waals surface area contributed by atoms with Crippen molar-refractivity contribution in [3.63, 3.8) is 0 Å². The van der Waals surface area contributed by atoms with Gasteiger partial charge in [-0.1, -0.05) is 79.0 Å². The van der Waals surface area contributed by atoms with Gasteiger partial charge in [0.05, 0.1) is 18.0 Å². The van der Waals surface area contributed by atoms with Gasteiger partial charge < -0.3 is 10.1 Å². The molecule has 3 amide bonds. The molecule has 10 heteroatoms. The van der Waals surface area contributed by atoms with E-state index in [1.54, 1.807) is 13.8 Å². The van der Waals surface area contributed by atoms with Crippen LogP contribution in [0.3, 0.4) is 0 Å². The minimum atomic E-state index is -2.25. The Hall–Kier alpha value is -1.83. The summed E-state index contributed by atoms with van der Waals surface area (Å²) in [4.78, 5) is 38.1. The third-order valence-corrected chi connectivity index (χ3v) is 5.33. The lowest BCUT2D eigenvalue weighted by molar-refractivity contribution is -0.131. The monoisotopic (exact) mass is 492 g/mol. The average Bonchev–Trinajstić information content (AvgIpc) is 3.04. The molecule has 0 aromatic heterocycles. The molecule has 0 saturated carbocycles. The van der Waals surface area contributed by atoms with Gasteiger partial charge in [-0.25, -0.2) is 14.1 Å². The van der Waals surface area contributed by atoms with E-state index in [0.29, 0.717) is 6.42 Å². The summed E-state index contributed by atoms with van der Waals surface area (Å²) in [7, 11) is 0. The average molecular weight is 494 g/mol. The SMILES string of the molecule is CC(C)[C@H](NC(=O)C(Cl)(Cl)Cl)/C(F)=C/[C@@H](C)C(=O)N1C(=O)OC[C@H]1Cc1ccccc1. The van der Waals surface area contributed by atoms with Crippen molar-refractivity contribution in [1.29, 1.82) is 0 Å². The van der Waals surface area contributed by atoms with Gasteiger partial charge in [0.2, 0.25) is 5.91 Å². The minimum absolute atomic E-state index is 0.0618. The number of amides is 3. The Bertz CT molecular complexity index is 843. The second kappa shape index (κ2) is 10.7. The molecule has 2 rings (SSSR count). The van der Waals surface area contributed by atoms with Crippen LogP contribution < -0.4 is 5.32 Å². The van der Waals surface area contributed by atoms with Crippen molar-refractivity contribution in [2.24, 2.45) is 11.8 Å². The van der Waals surface area contributed by atoms with Crippen molar-refractivity contribution in [2.75, 3.05) is 6.61 Å². The highest BCUT2D eigenvalue weighted by atomic mass is 35.6. The number of benzene rings is 1. The van der Waals surface area contributed by atoms with Gasteiger partial charge in [0.15, 0.2) is 0 Å². The summed E-state index contributed by atoms with van der Waals surface area (Å²) in [6.45, 7) is 4.85. The number of alkyl halides is 3. The van der Waals surface area contributed by atoms with Crippen molar-refractivity contribution in [1.82, 2.24) is 10.2 Å². The molecule has 3 atom stereocenters. The molecule has 1 aliphatic heterocycles. The van der Waals surface area contributed by atoms with Crippen LogP contribution in [0.5, 0.6) is 0 Å². The normalized spacial score (nSPS) is 19.2. The van der Waals surface area contributed by atoms with Crippen molar-refractivity contribution in [3.05, 3.63) is 47.8 Å². The molecular formula is C21H24Cl3FN2O4. The van der Waals surface area contributed by atoms with Crippen LogP contribution in [0.25, 0.3) is 0 Å². The Kier molecular flexibility index (Phi) is 8.74. The molecule has 170 valence electrons. The van der Waals surface area contributed by atoms with E-state index in [0.717, 1.165) is 16.5 Å². The molecule has 0 bridgehead atoms. The van der Waals surface area contributed by atoms with Gasteiger partial charge in [-0.2, -0.15) is 0 Å². The molecule has 0 spiro atoms. The number of rotatable bonds is 7. The predicted molar refractivity (Wildman–Crippen MR) is 118 cm³/mol. The summed E-state index contributed by atoms with van der Waals surface area (Å²) >= 11 is 16.6. The van der Waals surface area contributed by atoms with Crippen LogP contribution >= 0.6 is 34.8 Å². The molecule has 1 aromatic rings. The number of carbonyl (C=O) groups excluding carboxylic acids is 3. The fourth-order valence-electron chi connectivity index (χ4n) is 3.18. The zero-order chi connectivity index (χ0) is 23.3. The van der Waals surface area contributed by atoms with Gasteiger partial charge in [-0.15, -0.1) is 0 Å². The Balaban J connectivity index is 2.16. The summed E-state index contributed by atoms with van der Waals surface area (Å²) in [6.07, 6.45) is 0.707. The molecule has 1 saturated heterocycles. The molecule has 1 fully saturated rings. The third kappa shape index (κ3) is 6.82. The first-order valence-electron chi connectivity index (χ1n) is 9.70. The van der Waals surface area contributed by atoms with E-state index in [1.165, 1.54) is 6.92 Å². The lowest BCUT2D eigenvalue weighted by Crippen LogP contribution is -2.45. The summed E-state index contributed by atoms with van der Waals surface area (Å²) < 4.78 is 17.7. The molecule has 0 aliphatic carbocycles. The highest BCUT2D eigenvalue weighted by Gasteiger charge is 2.40. The molecule has 1 N–H and O–H groups in total. The number of carbonyl (C=O) groups is 3. The largest absolute Gasteiger partial charge is 0.447 e. The van der Waals surface area contributed by atoms with E-state index < -0.39 is 51.4 Å². The Morgan fingerprint density at radius 2 is 1.87 bits per heavy atom. The van der Waals surface area contributed by atoms with Gasteiger partial charge in [0, 0.05) is 0 Å². The van der Waals surface area contributed by atoms with Crippen molar-refractivity contribution >= 4 is 52.7 Å². The number of nitrogens with one attached hydrogen (secondary N) is 1. The molecular weight excluding hydrogens is 470 g/mol. The molecule has 1 heterocycles. The first-order valence-corrected chi connectivity index (χ1v) is 10.8. The minimum Gasteiger partial charge on any atom is -0.447 e. The standard InChI is InChI=1S/C21H24Cl3FN2O4/c1-12(2)17(26-19(29)21(22,23)24)16(25)9-13(3)18(28)27-15(11-31-20(27)30)10-14-7-5-4-6-8-14/h4-9,12-13,15,17H,10-11H2,1-3H3,(H,26,29)/b16-9-/t13-,15-,17+/m1/s1. The van der Waals surface area contributed by atoms with Crippen LogP contribution in [0.2, 0.25) is 0 Å². The first-order chi connectivity index (χ1) is 14.4. The van der Waals surface area contributed by atoms with Crippen LogP contribution in [0.15, 0.2) is 42.2 Å². The quantitative estimate of drug-likeness (QED) is 0.564. The summed E-state index contributed by atoms with van der Waals surface area (Å²) in [5.74, 6) is -3.74. The Labute approximate surface area is 195 Å². The second-order valence-electron chi connectivity index (χ2n) is 7.66. The maximum atomic E-state index is 14.9. The maximum Gasteiger partial charge on any atom is 0.417 e. The van der Waals surface area contributed by atoms with E-state index in [2.05, 4.69) is 5.32 Å². The predicted octanol–water partition coefficient (Wildman–Crippen LogP) is 4.58. The van der Waals surface area contributed by atoms with Gasteiger partial charge in [-0.05, 0) is 30.9 Å². The van der Waals surface area contributed by atoms with E-state index in [9.17, 15) is 18.8 Å². The van der Waals surface area contributed by atoms with E-state index in [1.807, 2.05) is 30.3 Å². The topological polar surface area (TPSA) is 75.7 Å². The van der Waals surface area contributed by atoms with Gasteiger partial charge in [0.1, 0.15) is 12.4 Å². The van der Waals surface area contributed by atoms with Crippen LogP contribution in [0.4, 0.5) is 9.18 Å². The fourth-order valence-corrected chi connectivity index (χ4v) is 3.34. The highest BCUT2D eigenvalue weighted by Crippen LogP contribution is 2.28. The molecule has 1 aliphatic rings. The fraction of sp³-hybridized carbons (Fsp3) is 0.476. The number of nitrogens with zero attached hydrogens (tertiary/aromatic N) is 1. The summed E-state index contributed by atoms with van der Waals surface area (Å²) in [5.41, 5.74) is 0.937.